The van der Waals surface area contributed by atoms with Crippen molar-refractivity contribution in [2.75, 3.05) is 36.8 Å². The van der Waals surface area contributed by atoms with Gasteiger partial charge in [-0.2, -0.15) is 0 Å². The summed E-state index contributed by atoms with van der Waals surface area (Å²) in [5.41, 5.74) is 7.16. The normalized spacial score (nSPS) is 14.3. The highest BCUT2D eigenvalue weighted by atomic mass is 16.6. The van der Waals surface area contributed by atoms with Crippen LogP contribution < -0.4 is 10.6 Å². The molecule has 6 heteroatoms. The monoisotopic (exact) mass is 325 g/mol. The first-order valence-corrected chi connectivity index (χ1v) is 7.93. The molecule has 0 aromatic heterocycles. The van der Waals surface area contributed by atoms with Gasteiger partial charge in [0.05, 0.1) is 0 Å². The third kappa shape index (κ3) is 6.78. The maximum absolute atomic E-state index is 12.0. The number of nitrogen functional groups attached to an aromatic ring is 1. The number of hydrogen-bond donors (Lipinski definition) is 1. The zero-order valence-corrected chi connectivity index (χ0v) is 14.9. The number of nitrogens with zero attached hydrogens (tertiary/aromatic N) is 2. The predicted octanol–water partition coefficient (Wildman–Crippen LogP) is 2.53. The average Bonchev–Trinajstić information content (AvgIpc) is 2.48. The Morgan fingerprint density at radius 1 is 1.04 bits per heavy atom. The van der Waals surface area contributed by atoms with Gasteiger partial charge in [0.1, 0.15) is 5.60 Å². The highest BCUT2D eigenvalue weighted by molar-refractivity contribution is 5.68. The molecule has 0 spiro atoms. The van der Waals surface area contributed by atoms with Gasteiger partial charge < -0.3 is 25.7 Å². The molecule has 4 N–H and O–H groups in total. The second-order valence-corrected chi connectivity index (χ2v) is 6.05. The molecule has 1 heterocycles. The Morgan fingerprint density at radius 2 is 1.52 bits per heavy atom. The summed E-state index contributed by atoms with van der Waals surface area (Å²) in [5.74, 6) is 0. The number of nitrogens with two attached hydrogens (primary N) is 1. The molecule has 0 radical (unpaired) electrons. The van der Waals surface area contributed by atoms with E-state index >= 15 is 0 Å². The number of piperazine rings is 1. The number of amides is 1. The standard InChI is InChI=1S/C15H23N3O2.C2H6.H2O/c1-15(2,3)20-14(19)18-10-8-17(9-11-18)13-6-4-12(16)5-7-13;1-2;/h4-7H,8-11,16H2,1-3H3;1-2H3;1H2. The molecule has 1 aliphatic rings. The number of anilines is 2. The minimum Gasteiger partial charge on any atom is -0.444 e. The third-order valence-corrected chi connectivity index (χ3v) is 3.19. The van der Waals surface area contributed by atoms with Crippen LogP contribution >= 0.6 is 0 Å². The fourth-order valence-electron chi connectivity index (χ4n) is 2.16. The highest BCUT2D eigenvalue weighted by Crippen LogP contribution is 2.19. The van der Waals surface area contributed by atoms with Crippen LogP contribution in [-0.2, 0) is 4.74 Å². The van der Waals surface area contributed by atoms with E-state index in [4.69, 9.17) is 10.5 Å². The fourth-order valence-corrected chi connectivity index (χ4v) is 2.16. The quantitative estimate of drug-likeness (QED) is 0.803. The zero-order chi connectivity index (χ0) is 16.8. The van der Waals surface area contributed by atoms with E-state index in [2.05, 4.69) is 4.90 Å². The van der Waals surface area contributed by atoms with E-state index in [1.807, 2.05) is 58.9 Å². The van der Waals surface area contributed by atoms with Gasteiger partial charge in [0.25, 0.3) is 0 Å². The molecule has 1 aromatic rings. The molecule has 23 heavy (non-hydrogen) atoms. The van der Waals surface area contributed by atoms with Crippen molar-refractivity contribution in [3.05, 3.63) is 24.3 Å². The van der Waals surface area contributed by atoms with Crippen molar-refractivity contribution in [3.63, 3.8) is 0 Å². The van der Waals surface area contributed by atoms with Crippen LogP contribution in [-0.4, -0.2) is 48.2 Å². The van der Waals surface area contributed by atoms with Gasteiger partial charge in [-0.25, -0.2) is 4.79 Å². The first-order valence-electron chi connectivity index (χ1n) is 7.93. The third-order valence-electron chi connectivity index (χ3n) is 3.19. The SMILES string of the molecule is CC.CC(C)(C)OC(=O)N1CCN(c2ccc(N)cc2)CC1.O. The summed E-state index contributed by atoms with van der Waals surface area (Å²) < 4.78 is 5.39. The molecule has 6 nitrogen and oxygen atoms in total. The lowest BCUT2D eigenvalue weighted by atomic mass is 10.2. The lowest BCUT2D eigenvalue weighted by Gasteiger charge is -2.36. The Morgan fingerprint density at radius 3 is 1.96 bits per heavy atom. The van der Waals surface area contributed by atoms with E-state index in [1.165, 1.54) is 0 Å². The largest absolute Gasteiger partial charge is 0.444 e. The molecule has 0 atom stereocenters. The molecule has 1 saturated heterocycles. The van der Waals surface area contributed by atoms with Crippen LogP contribution in [0.25, 0.3) is 0 Å². The van der Waals surface area contributed by atoms with Gasteiger partial charge in [0.15, 0.2) is 0 Å². The van der Waals surface area contributed by atoms with Crippen LogP contribution in [0.15, 0.2) is 24.3 Å². The van der Waals surface area contributed by atoms with E-state index in [9.17, 15) is 4.79 Å². The van der Waals surface area contributed by atoms with Crippen molar-refractivity contribution in [2.24, 2.45) is 0 Å². The second-order valence-electron chi connectivity index (χ2n) is 6.05. The van der Waals surface area contributed by atoms with Crippen LogP contribution in [0.4, 0.5) is 16.2 Å². The van der Waals surface area contributed by atoms with Crippen molar-refractivity contribution in [2.45, 2.75) is 40.2 Å². The highest BCUT2D eigenvalue weighted by Gasteiger charge is 2.25. The molecule has 0 bridgehead atoms. The van der Waals surface area contributed by atoms with Crippen molar-refractivity contribution < 1.29 is 15.0 Å². The number of hydrogen-bond acceptors (Lipinski definition) is 4. The summed E-state index contributed by atoms with van der Waals surface area (Å²) in [6.07, 6.45) is -0.227. The summed E-state index contributed by atoms with van der Waals surface area (Å²) in [6, 6.07) is 7.82. The maximum Gasteiger partial charge on any atom is 0.410 e. The van der Waals surface area contributed by atoms with E-state index in [0.717, 1.165) is 24.5 Å². The fraction of sp³-hybridized carbons (Fsp3) is 0.588. The van der Waals surface area contributed by atoms with Gasteiger partial charge >= 0.3 is 6.09 Å². The molecule has 1 fully saturated rings. The van der Waals surface area contributed by atoms with E-state index in [-0.39, 0.29) is 11.6 Å². The van der Waals surface area contributed by atoms with Crippen LogP contribution in [0.3, 0.4) is 0 Å². The molecule has 0 unspecified atom stereocenters. The summed E-state index contributed by atoms with van der Waals surface area (Å²) in [7, 11) is 0. The molecule has 132 valence electrons. The van der Waals surface area contributed by atoms with Crippen molar-refractivity contribution in [1.82, 2.24) is 4.90 Å². The van der Waals surface area contributed by atoms with Crippen molar-refractivity contribution in [1.29, 1.82) is 0 Å². The van der Waals surface area contributed by atoms with Crippen molar-refractivity contribution >= 4 is 17.5 Å². The predicted molar refractivity (Wildman–Crippen MR) is 95.8 cm³/mol. The van der Waals surface area contributed by atoms with Gasteiger partial charge in [0, 0.05) is 37.6 Å². The van der Waals surface area contributed by atoms with Gasteiger partial charge in [-0.3, -0.25) is 0 Å². The van der Waals surface area contributed by atoms with Crippen molar-refractivity contribution in [3.8, 4) is 0 Å². The molecule has 1 amide bonds. The zero-order valence-electron chi connectivity index (χ0n) is 14.9. The van der Waals surface area contributed by atoms with Gasteiger partial charge in [-0.05, 0) is 45.0 Å². The number of ether oxygens (including phenoxy) is 1. The molecule has 1 aromatic carbocycles. The Bertz CT molecular complexity index is 461. The molecule has 1 aliphatic heterocycles. The second kappa shape index (κ2) is 9.25. The number of benzene rings is 1. The van der Waals surface area contributed by atoms with Crippen LogP contribution in [0, 0.1) is 0 Å². The van der Waals surface area contributed by atoms with E-state index < -0.39 is 5.60 Å². The topological polar surface area (TPSA) is 90.3 Å². The molecular formula is C17H31N3O3. The Labute approximate surface area is 139 Å². The Hall–Kier alpha value is -1.95. The first kappa shape index (κ1) is 21.0. The Balaban J connectivity index is 0.00000155. The summed E-state index contributed by atoms with van der Waals surface area (Å²) in [5, 5.41) is 0. The average molecular weight is 325 g/mol. The summed E-state index contributed by atoms with van der Waals surface area (Å²) in [4.78, 5) is 16.0. The summed E-state index contributed by atoms with van der Waals surface area (Å²) >= 11 is 0. The maximum atomic E-state index is 12.0. The molecule has 0 aliphatic carbocycles. The number of carbonyl (C=O) groups excluding carboxylic acids is 1. The summed E-state index contributed by atoms with van der Waals surface area (Å²) in [6.45, 7) is 12.6. The van der Waals surface area contributed by atoms with Gasteiger partial charge in [0.2, 0.25) is 0 Å². The molecular weight excluding hydrogens is 294 g/mol. The number of carbonyl (C=O) groups is 1. The van der Waals surface area contributed by atoms with Crippen LogP contribution in [0.5, 0.6) is 0 Å². The number of rotatable bonds is 1. The van der Waals surface area contributed by atoms with E-state index in [1.54, 1.807) is 4.90 Å². The smallest absolute Gasteiger partial charge is 0.410 e. The lowest BCUT2D eigenvalue weighted by molar-refractivity contribution is 0.0240. The Kier molecular flexibility index (Phi) is 8.46. The molecule has 2 rings (SSSR count). The first-order chi connectivity index (χ1) is 10.3. The molecule has 0 saturated carbocycles. The minimum atomic E-state index is -0.439. The van der Waals surface area contributed by atoms with Crippen LogP contribution in [0.1, 0.15) is 34.6 Å². The lowest BCUT2D eigenvalue weighted by Crippen LogP contribution is -2.50. The van der Waals surface area contributed by atoms with Crippen LogP contribution in [0.2, 0.25) is 0 Å². The van der Waals surface area contributed by atoms with Gasteiger partial charge in [-0.15, -0.1) is 0 Å². The van der Waals surface area contributed by atoms with E-state index in [0.29, 0.717) is 13.1 Å². The van der Waals surface area contributed by atoms with Gasteiger partial charge in [-0.1, -0.05) is 13.8 Å². The minimum absolute atomic E-state index is 0.